The molecule has 0 saturated heterocycles. The monoisotopic (exact) mass is 472 g/mol. The maximum absolute atomic E-state index is 11.2. The van der Waals surface area contributed by atoms with Gasteiger partial charge in [-0.1, -0.05) is 48.0 Å². The number of benzene rings is 3. The quantitative estimate of drug-likeness (QED) is 0.326. The van der Waals surface area contributed by atoms with Gasteiger partial charge in [0.05, 0.1) is 28.6 Å². The Morgan fingerprint density at radius 3 is 2.56 bits per heavy atom. The third-order valence-electron chi connectivity index (χ3n) is 5.81. The standard InChI is InChI=1S/C26H21ClN4O3/c1-31-20-6-4-3-5-18(20)22-24(28-14-15-7-12-21(34-2)19(27)13-15)29-23(30-25(22)31)16-8-10-17(11-9-16)26(32)33/h3-13H,14H2,1-2H3,(H,32,33)(H,28,29,30). The van der Waals surface area contributed by atoms with E-state index in [2.05, 4.69) is 11.4 Å². The number of methoxy groups -OCH3 is 1. The second-order valence-electron chi connectivity index (χ2n) is 7.88. The van der Waals surface area contributed by atoms with Gasteiger partial charge in [-0.05, 0) is 35.9 Å². The highest BCUT2D eigenvalue weighted by atomic mass is 35.5. The number of fused-ring (bicyclic) bond motifs is 3. The molecule has 0 fully saturated rings. The summed E-state index contributed by atoms with van der Waals surface area (Å²) in [5, 5.41) is 15.2. The fraction of sp³-hybridized carbons (Fsp3) is 0.115. The van der Waals surface area contributed by atoms with Crippen LogP contribution in [0.25, 0.3) is 33.3 Å². The van der Waals surface area contributed by atoms with Crippen LogP contribution in [0.1, 0.15) is 15.9 Å². The molecule has 5 aromatic rings. The molecule has 2 heterocycles. The SMILES string of the molecule is COc1ccc(CNc2nc(-c3ccc(C(=O)O)cc3)nc3c2c2ccccc2n3C)cc1Cl. The van der Waals surface area contributed by atoms with Crippen LogP contribution >= 0.6 is 11.6 Å². The number of aromatic nitrogens is 3. The van der Waals surface area contributed by atoms with Crippen molar-refractivity contribution in [2.24, 2.45) is 7.05 Å². The predicted molar refractivity (Wildman–Crippen MR) is 134 cm³/mol. The number of nitrogens with zero attached hydrogens (tertiary/aromatic N) is 3. The largest absolute Gasteiger partial charge is 0.495 e. The van der Waals surface area contributed by atoms with E-state index in [0.717, 1.165) is 33.1 Å². The summed E-state index contributed by atoms with van der Waals surface area (Å²) in [6.45, 7) is 0.496. The van der Waals surface area contributed by atoms with Gasteiger partial charge in [-0.3, -0.25) is 0 Å². The third kappa shape index (κ3) is 3.80. The molecule has 0 unspecified atom stereocenters. The fourth-order valence-electron chi connectivity index (χ4n) is 4.06. The fourth-order valence-corrected chi connectivity index (χ4v) is 4.34. The number of carboxylic acid groups (broad SMARTS) is 1. The number of aromatic carboxylic acids is 1. The van der Waals surface area contributed by atoms with Crippen LogP contribution in [0.5, 0.6) is 5.75 Å². The van der Waals surface area contributed by atoms with Gasteiger partial charge in [0.1, 0.15) is 17.2 Å². The van der Waals surface area contributed by atoms with Crippen molar-refractivity contribution in [1.82, 2.24) is 14.5 Å². The predicted octanol–water partition coefficient (Wildman–Crippen LogP) is 5.76. The first-order chi connectivity index (χ1) is 16.5. The first-order valence-electron chi connectivity index (χ1n) is 10.6. The number of halogens is 1. The average Bonchev–Trinajstić information content (AvgIpc) is 3.15. The van der Waals surface area contributed by atoms with Gasteiger partial charge in [0.25, 0.3) is 0 Å². The number of aryl methyl sites for hydroxylation is 1. The lowest BCUT2D eigenvalue weighted by Gasteiger charge is -2.11. The lowest BCUT2D eigenvalue weighted by molar-refractivity contribution is 0.0697. The Balaban J connectivity index is 1.62. The topological polar surface area (TPSA) is 89.3 Å². The number of anilines is 1. The molecule has 2 N–H and O–H groups in total. The van der Waals surface area contributed by atoms with E-state index in [-0.39, 0.29) is 5.56 Å². The Labute approximate surface area is 200 Å². The molecule has 5 rings (SSSR count). The van der Waals surface area contributed by atoms with Crippen molar-refractivity contribution in [3.63, 3.8) is 0 Å². The summed E-state index contributed by atoms with van der Waals surface area (Å²) in [6, 6.07) is 20.3. The summed E-state index contributed by atoms with van der Waals surface area (Å²) in [4.78, 5) is 20.9. The number of ether oxygens (including phenoxy) is 1. The molecule has 0 aliphatic carbocycles. The Bertz CT molecular complexity index is 1540. The molecule has 3 aromatic carbocycles. The molecule has 0 spiro atoms. The molecule has 0 atom stereocenters. The van der Waals surface area contributed by atoms with Crippen LogP contribution in [-0.4, -0.2) is 32.7 Å². The van der Waals surface area contributed by atoms with Crippen LogP contribution in [0.15, 0.2) is 66.7 Å². The third-order valence-corrected chi connectivity index (χ3v) is 6.10. The molecule has 170 valence electrons. The Morgan fingerprint density at radius 1 is 1.09 bits per heavy atom. The van der Waals surface area contributed by atoms with Gasteiger partial charge in [0.15, 0.2) is 5.82 Å². The van der Waals surface area contributed by atoms with E-state index in [4.69, 9.17) is 26.3 Å². The zero-order chi connectivity index (χ0) is 23.8. The summed E-state index contributed by atoms with van der Waals surface area (Å²) < 4.78 is 7.29. The Morgan fingerprint density at radius 2 is 1.85 bits per heavy atom. The molecule has 8 heteroatoms. The maximum atomic E-state index is 11.2. The van der Waals surface area contributed by atoms with E-state index in [1.54, 1.807) is 31.4 Å². The highest BCUT2D eigenvalue weighted by molar-refractivity contribution is 6.32. The van der Waals surface area contributed by atoms with Gasteiger partial charge >= 0.3 is 5.97 Å². The van der Waals surface area contributed by atoms with Gasteiger partial charge in [-0.2, -0.15) is 0 Å². The molecular formula is C26H21ClN4O3. The normalized spacial score (nSPS) is 11.1. The maximum Gasteiger partial charge on any atom is 0.335 e. The second kappa shape index (κ2) is 8.68. The molecule has 7 nitrogen and oxygen atoms in total. The zero-order valence-corrected chi connectivity index (χ0v) is 19.3. The van der Waals surface area contributed by atoms with Gasteiger partial charge in [-0.15, -0.1) is 0 Å². The molecular weight excluding hydrogens is 452 g/mol. The highest BCUT2D eigenvalue weighted by Gasteiger charge is 2.17. The molecule has 2 aromatic heterocycles. The van der Waals surface area contributed by atoms with Crippen LogP contribution < -0.4 is 10.1 Å². The van der Waals surface area contributed by atoms with E-state index in [1.165, 1.54) is 0 Å². The lowest BCUT2D eigenvalue weighted by Crippen LogP contribution is -2.05. The Kier molecular flexibility index (Phi) is 5.55. The van der Waals surface area contributed by atoms with Gasteiger partial charge < -0.3 is 19.7 Å². The molecule has 0 saturated carbocycles. The van der Waals surface area contributed by atoms with Gasteiger partial charge in [0.2, 0.25) is 0 Å². The number of carboxylic acids is 1. The van der Waals surface area contributed by atoms with Gasteiger partial charge in [-0.25, -0.2) is 14.8 Å². The van der Waals surface area contributed by atoms with Crippen molar-refractivity contribution in [1.29, 1.82) is 0 Å². The smallest absolute Gasteiger partial charge is 0.335 e. The summed E-state index contributed by atoms with van der Waals surface area (Å²) in [5.41, 5.74) is 3.74. The molecule has 0 aliphatic heterocycles. The van der Waals surface area contributed by atoms with Crippen LogP contribution in [0.2, 0.25) is 5.02 Å². The Hall–Kier alpha value is -4.10. The number of rotatable bonds is 6. The first-order valence-corrected chi connectivity index (χ1v) is 11.0. The zero-order valence-electron chi connectivity index (χ0n) is 18.5. The number of hydrogen-bond donors (Lipinski definition) is 2. The minimum absolute atomic E-state index is 0.212. The van der Waals surface area contributed by atoms with E-state index < -0.39 is 5.97 Å². The highest BCUT2D eigenvalue weighted by Crippen LogP contribution is 2.34. The summed E-state index contributed by atoms with van der Waals surface area (Å²) >= 11 is 6.30. The van der Waals surface area contributed by atoms with Crippen molar-refractivity contribution in [3.05, 3.63) is 82.9 Å². The van der Waals surface area contributed by atoms with E-state index in [1.807, 2.05) is 48.0 Å². The molecule has 0 bridgehead atoms. The molecule has 0 radical (unpaired) electrons. The molecule has 34 heavy (non-hydrogen) atoms. The van der Waals surface area contributed by atoms with E-state index in [9.17, 15) is 9.90 Å². The van der Waals surface area contributed by atoms with Crippen molar-refractivity contribution < 1.29 is 14.6 Å². The van der Waals surface area contributed by atoms with Crippen LogP contribution in [0.3, 0.4) is 0 Å². The van der Waals surface area contributed by atoms with Crippen molar-refractivity contribution in [2.75, 3.05) is 12.4 Å². The van der Waals surface area contributed by atoms with E-state index in [0.29, 0.717) is 29.0 Å². The van der Waals surface area contributed by atoms with E-state index >= 15 is 0 Å². The van der Waals surface area contributed by atoms with Crippen molar-refractivity contribution in [3.8, 4) is 17.1 Å². The molecule has 0 amide bonds. The van der Waals surface area contributed by atoms with Crippen LogP contribution in [-0.2, 0) is 13.6 Å². The number of hydrogen-bond acceptors (Lipinski definition) is 5. The van der Waals surface area contributed by atoms with Crippen molar-refractivity contribution >= 4 is 45.3 Å². The summed E-state index contributed by atoms with van der Waals surface area (Å²) in [5.74, 6) is 0.838. The van der Waals surface area contributed by atoms with Crippen molar-refractivity contribution in [2.45, 2.75) is 6.54 Å². The van der Waals surface area contributed by atoms with Gasteiger partial charge in [0, 0.05) is 24.5 Å². The van der Waals surface area contributed by atoms with Crippen LogP contribution in [0, 0.1) is 0 Å². The minimum Gasteiger partial charge on any atom is -0.495 e. The minimum atomic E-state index is -0.975. The summed E-state index contributed by atoms with van der Waals surface area (Å²) in [6.07, 6.45) is 0. The summed E-state index contributed by atoms with van der Waals surface area (Å²) in [7, 11) is 3.56. The first kappa shape index (κ1) is 21.7. The molecule has 0 aliphatic rings. The number of nitrogens with one attached hydrogen (secondary N) is 1. The number of carbonyl (C=O) groups is 1. The van der Waals surface area contributed by atoms with Crippen LogP contribution in [0.4, 0.5) is 5.82 Å². The average molecular weight is 473 g/mol. The second-order valence-corrected chi connectivity index (χ2v) is 8.28. The lowest BCUT2D eigenvalue weighted by atomic mass is 10.1. The number of para-hydroxylation sites is 1.